The molecule has 6 heteroatoms. The molecule has 1 aromatic carbocycles. The fraction of sp³-hybridized carbons (Fsp3) is 0.429. The van der Waals surface area contributed by atoms with E-state index in [0.29, 0.717) is 24.3 Å². The number of benzene rings is 1. The first-order chi connectivity index (χ1) is 9.70. The highest BCUT2D eigenvalue weighted by Gasteiger charge is 2.25. The van der Waals surface area contributed by atoms with Crippen LogP contribution in [0.15, 0.2) is 18.2 Å². The molecule has 0 radical (unpaired) electrons. The van der Waals surface area contributed by atoms with E-state index in [9.17, 15) is 4.79 Å². The lowest BCUT2D eigenvalue weighted by Gasteiger charge is -2.11. The maximum absolute atomic E-state index is 11.4. The molecule has 2 N–H and O–H groups in total. The Labute approximate surface area is 121 Å². The van der Waals surface area contributed by atoms with Crippen LogP contribution in [0.4, 0.5) is 0 Å². The molecule has 0 aliphatic carbocycles. The van der Waals surface area contributed by atoms with Crippen molar-refractivity contribution in [2.24, 2.45) is 0 Å². The monoisotopic (exact) mass is 291 g/mol. The molecule has 1 aliphatic heterocycles. The Kier molecular flexibility index (Phi) is 3.48. The van der Waals surface area contributed by atoms with Crippen molar-refractivity contribution in [1.82, 2.24) is 14.9 Å². The number of nitrogens with zero attached hydrogens (tertiary/aromatic N) is 1. The zero-order valence-electron chi connectivity index (χ0n) is 11.3. The highest BCUT2D eigenvalue weighted by atomic mass is 32.1. The first kappa shape index (κ1) is 13.2. The van der Waals surface area contributed by atoms with Gasteiger partial charge in [0, 0.05) is 13.0 Å². The predicted octanol–water partition coefficient (Wildman–Crippen LogP) is 2.55. The van der Waals surface area contributed by atoms with Crippen LogP contribution in [0, 0.1) is 4.77 Å². The Balaban J connectivity index is 2.07. The van der Waals surface area contributed by atoms with E-state index < -0.39 is 0 Å². The Hall–Kier alpha value is -1.82. The van der Waals surface area contributed by atoms with Crippen molar-refractivity contribution in [3.8, 4) is 5.75 Å². The number of amides is 1. The Morgan fingerprint density at radius 3 is 3.05 bits per heavy atom. The third kappa shape index (κ3) is 2.20. The van der Waals surface area contributed by atoms with Crippen LogP contribution in [0.3, 0.4) is 0 Å². The van der Waals surface area contributed by atoms with Crippen molar-refractivity contribution >= 4 is 29.2 Å². The summed E-state index contributed by atoms with van der Waals surface area (Å²) < 4.78 is 8.40. The highest BCUT2D eigenvalue weighted by Crippen LogP contribution is 2.29. The average molecular weight is 291 g/mol. The van der Waals surface area contributed by atoms with Crippen LogP contribution in [0.5, 0.6) is 5.75 Å². The minimum atomic E-state index is 0.0737. The van der Waals surface area contributed by atoms with Gasteiger partial charge in [0.15, 0.2) is 4.77 Å². The minimum Gasteiger partial charge on any atom is -0.491 e. The predicted molar refractivity (Wildman–Crippen MR) is 79.6 cm³/mol. The van der Waals surface area contributed by atoms with Crippen molar-refractivity contribution in [3.05, 3.63) is 23.0 Å². The molecule has 0 bridgehead atoms. The molecule has 1 saturated heterocycles. The average Bonchev–Trinajstić information content (AvgIpc) is 2.99. The standard InChI is InChI=1S/C14H17N3O2S/c1-2-6-19-11-5-3-4-10-13(11)16-14(20)17(10)9-7-12(18)15-8-9/h3-5,9H,2,6-8H2,1H3,(H,15,18)(H,16,20). The quantitative estimate of drug-likeness (QED) is 0.851. The molecule has 20 heavy (non-hydrogen) atoms. The number of imidazole rings is 1. The molecule has 0 saturated carbocycles. The van der Waals surface area contributed by atoms with Crippen LogP contribution < -0.4 is 10.1 Å². The van der Waals surface area contributed by atoms with E-state index in [4.69, 9.17) is 17.0 Å². The molecular formula is C14H17N3O2S. The van der Waals surface area contributed by atoms with Gasteiger partial charge < -0.3 is 19.6 Å². The molecule has 1 aromatic heterocycles. The number of ether oxygens (including phenoxy) is 1. The smallest absolute Gasteiger partial charge is 0.222 e. The third-order valence-corrected chi connectivity index (χ3v) is 3.80. The lowest BCUT2D eigenvalue weighted by Crippen LogP contribution is -2.15. The number of hydrogen-bond acceptors (Lipinski definition) is 3. The number of nitrogens with one attached hydrogen (secondary N) is 2. The summed E-state index contributed by atoms with van der Waals surface area (Å²) in [5.41, 5.74) is 1.90. The summed E-state index contributed by atoms with van der Waals surface area (Å²) in [4.78, 5) is 14.6. The second-order valence-electron chi connectivity index (χ2n) is 4.96. The maximum Gasteiger partial charge on any atom is 0.222 e. The fourth-order valence-electron chi connectivity index (χ4n) is 2.59. The summed E-state index contributed by atoms with van der Waals surface area (Å²) in [6.07, 6.45) is 1.43. The van der Waals surface area contributed by atoms with Crippen molar-refractivity contribution in [1.29, 1.82) is 0 Å². The van der Waals surface area contributed by atoms with E-state index in [1.165, 1.54) is 0 Å². The van der Waals surface area contributed by atoms with E-state index in [2.05, 4.69) is 17.2 Å². The Bertz CT molecular complexity index is 704. The van der Waals surface area contributed by atoms with Crippen molar-refractivity contribution < 1.29 is 9.53 Å². The molecule has 1 aliphatic rings. The van der Waals surface area contributed by atoms with E-state index in [-0.39, 0.29) is 11.9 Å². The number of hydrogen-bond donors (Lipinski definition) is 2. The zero-order chi connectivity index (χ0) is 14.1. The van der Waals surface area contributed by atoms with E-state index >= 15 is 0 Å². The Morgan fingerprint density at radius 2 is 2.35 bits per heavy atom. The first-order valence-corrected chi connectivity index (χ1v) is 7.24. The number of fused-ring (bicyclic) bond motifs is 1. The van der Waals surface area contributed by atoms with Crippen LogP contribution in [0.2, 0.25) is 0 Å². The molecule has 106 valence electrons. The molecule has 2 aromatic rings. The van der Waals surface area contributed by atoms with E-state index in [1.807, 2.05) is 22.8 Å². The molecule has 0 spiro atoms. The maximum atomic E-state index is 11.4. The van der Waals surface area contributed by atoms with Gasteiger partial charge in [-0.3, -0.25) is 4.79 Å². The van der Waals surface area contributed by atoms with Gasteiger partial charge in [-0.05, 0) is 30.8 Å². The van der Waals surface area contributed by atoms with Crippen molar-refractivity contribution in [2.75, 3.05) is 13.2 Å². The molecule has 1 fully saturated rings. The molecule has 1 atom stereocenters. The first-order valence-electron chi connectivity index (χ1n) is 6.83. The normalized spacial score (nSPS) is 18.4. The summed E-state index contributed by atoms with van der Waals surface area (Å²) in [6, 6.07) is 5.97. The largest absolute Gasteiger partial charge is 0.491 e. The van der Waals surface area contributed by atoms with Crippen LogP contribution >= 0.6 is 12.2 Å². The number of aromatic amines is 1. The van der Waals surface area contributed by atoms with E-state index in [0.717, 1.165) is 23.2 Å². The SMILES string of the molecule is CCCOc1cccc2c1[nH]c(=S)n2C1CNC(=O)C1. The van der Waals surface area contributed by atoms with Crippen LogP contribution in [0.1, 0.15) is 25.8 Å². The molecule has 3 rings (SSSR count). The van der Waals surface area contributed by atoms with Gasteiger partial charge in [-0.25, -0.2) is 0 Å². The van der Waals surface area contributed by atoms with Gasteiger partial charge in [-0.1, -0.05) is 13.0 Å². The van der Waals surface area contributed by atoms with Crippen molar-refractivity contribution in [2.45, 2.75) is 25.8 Å². The van der Waals surface area contributed by atoms with Crippen molar-refractivity contribution in [3.63, 3.8) is 0 Å². The second kappa shape index (κ2) is 5.28. The number of carbonyl (C=O) groups excluding carboxylic acids is 1. The summed E-state index contributed by atoms with van der Waals surface area (Å²) in [7, 11) is 0. The lowest BCUT2D eigenvalue weighted by atomic mass is 10.2. The molecule has 5 nitrogen and oxygen atoms in total. The summed E-state index contributed by atoms with van der Waals surface area (Å²) >= 11 is 5.41. The van der Waals surface area contributed by atoms with Gasteiger partial charge in [0.05, 0.1) is 18.2 Å². The number of H-pyrrole nitrogens is 1. The second-order valence-corrected chi connectivity index (χ2v) is 5.35. The molecule has 2 heterocycles. The van der Waals surface area contributed by atoms with Crippen LogP contribution in [-0.2, 0) is 4.79 Å². The Morgan fingerprint density at radius 1 is 1.50 bits per heavy atom. The minimum absolute atomic E-state index is 0.0737. The van der Waals surface area contributed by atoms with Gasteiger partial charge in [0.1, 0.15) is 11.3 Å². The zero-order valence-corrected chi connectivity index (χ0v) is 12.1. The summed E-state index contributed by atoms with van der Waals surface area (Å²) in [5.74, 6) is 0.885. The van der Waals surface area contributed by atoms with Crippen LogP contribution in [-0.4, -0.2) is 28.6 Å². The number of para-hydroxylation sites is 1. The molecule has 1 unspecified atom stereocenters. The number of carbonyl (C=O) groups is 1. The summed E-state index contributed by atoms with van der Waals surface area (Å²) in [5, 5.41) is 2.85. The molecular weight excluding hydrogens is 274 g/mol. The van der Waals surface area contributed by atoms with Gasteiger partial charge >= 0.3 is 0 Å². The van der Waals surface area contributed by atoms with E-state index in [1.54, 1.807) is 0 Å². The van der Waals surface area contributed by atoms with Gasteiger partial charge in [0.2, 0.25) is 5.91 Å². The van der Waals surface area contributed by atoms with Crippen LogP contribution in [0.25, 0.3) is 11.0 Å². The summed E-state index contributed by atoms with van der Waals surface area (Å²) in [6.45, 7) is 3.37. The van der Waals surface area contributed by atoms with Gasteiger partial charge in [-0.15, -0.1) is 0 Å². The number of rotatable bonds is 4. The fourth-order valence-corrected chi connectivity index (χ4v) is 2.94. The topological polar surface area (TPSA) is 59.0 Å². The molecule has 1 amide bonds. The lowest BCUT2D eigenvalue weighted by molar-refractivity contribution is -0.119. The highest BCUT2D eigenvalue weighted by molar-refractivity contribution is 7.71. The van der Waals surface area contributed by atoms with Gasteiger partial charge in [-0.2, -0.15) is 0 Å². The number of aromatic nitrogens is 2. The van der Waals surface area contributed by atoms with Gasteiger partial charge in [0.25, 0.3) is 0 Å². The third-order valence-electron chi connectivity index (χ3n) is 3.50.